The van der Waals surface area contributed by atoms with Crippen molar-refractivity contribution in [3.8, 4) is 0 Å². The summed E-state index contributed by atoms with van der Waals surface area (Å²) in [6, 6.07) is 0. The minimum Gasteiger partial charge on any atom is -0.341 e. The Kier molecular flexibility index (Phi) is 4.54. The van der Waals surface area contributed by atoms with Crippen molar-refractivity contribution in [1.82, 2.24) is 14.0 Å². The molecule has 0 atom stereocenters. The van der Waals surface area contributed by atoms with Crippen molar-refractivity contribution in [2.45, 2.75) is 20.4 Å². The van der Waals surface area contributed by atoms with Gasteiger partial charge < -0.3 is 15.2 Å². The molecular weight excluding hydrogens is 260 g/mol. The Hall–Kier alpha value is -1.89. The van der Waals surface area contributed by atoms with E-state index in [0.717, 1.165) is 4.57 Å². The van der Waals surface area contributed by atoms with Crippen LogP contribution in [0.25, 0.3) is 0 Å². The highest BCUT2D eigenvalue weighted by Gasteiger charge is 2.29. The molecule has 20 heavy (non-hydrogen) atoms. The van der Waals surface area contributed by atoms with Crippen LogP contribution >= 0.6 is 0 Å². The summed E-state index contributed by atoms with van der Waals surface area (Å²) in [5, 5.41) is 0. The van der Waals surface area contributed by atoms with Crippen molar-refractivity contribution >= 4 is 5.91 Å². The summed E-state index contributed by atoms with van der Waals surface area (Å²) in [5.74, 6) is -0.143. The maximum absolute atomic E-state index is 12.2. The first-order chi connectivity index (χ1) is 9.11. The van der Waals surface area contributed by atoms with Crippen molar-refractivity contribution in [3.05, 3.63) is 32.6 Å². The Labute approximate surface area is 117 Å². The summed E-state index contributed by atoms with van der Waals surface area (Å²) in [5.41, 5.74) is 4.50. The van der Waals surface area contributed by atoms with Crippen LogP contribution in [0.3, 0.4) is 0 Å². The number of hydrogen-bond acceptors (Lipinski definition) is 4. The van der Waals surface area contributed by atoms with E-state index in [1.807, 2.05) is 0 Å². The zero-order valence-electron chi connectivity index (χ0n) is 12.6. The lowest BCUT2D eigenvalue weighted by atomic mass is 9.92. The van der Waals surface area contributed by atoms with E-state index in [2.05, 4.69) is 0 Å². The van der Waals surface area contributed by atoms with Gasteiger partial charge in [-0.15, -0.1) is 0 Å². The number of amides is 1. The summed E-state index contributed by atoms with van der Waals surface area (Å²) in [7, 11) is 4.60. The molecule has 7 heteroatoms. The van der Waals surface area contributed by atoms with Gasteiger partial charge in [-0.3, -0.25) is 14.2 Å². The average Bonchev–Trinajstić information content (AvgIpc) is 2.41. The highest BCUT2D eigenvalue weighted by atomic mass is 16.2. The third-order valence-electron chi connectivity index (χ3n) is 3.36. The minimum absolute atomic E-state index is 0.142. The van der Waals surface area contributed by atoms with Gasteiger partial charge in [0.15, 0.2) is 0 Å². The number of aromatic nitrogens is 2. The number of rotatable bonds is 4. The third-order valence-corrected chi connectivity index (χ3v) is 3.36. The van der Waals surface area contributed by atoms with Crippen LogP contribution in [0, 0.1) is 5.41 Å². The van der Waals surface area contributed by atoms with Gasteiger partial charge in [0.05, 0.1) is 17.5 Å². The molecule has 112 valence electrons. The predicted molar refractivity (Wildman–Crippen MR) is 76.2 cm³/mol. The highest BCUT2D eigenvalue weighted by Crippen LogP contribution is 2.16. The summed E-state index contributed by atoms with van der Waals surface area (Å²) in [4.78, 5) is 37.3. The normalized spacial score (nSPS) is 11.5. The van der Waals surface area contributed by atoms with Gasteiger partial charge in [-0.25, -0.2) is 4.79 Å². The van der Waals surface area contributed by atoms with Gasteiger partial charge in [0.1, 0.15) is 0 Å². The van der Waals surface area contributed by atoms with E-state index in [4.69, 9.17) is 5.73 Å². The molecule has 0 aliphatic rings. The number of nitrogens with zero attached hydrogens (tertiary/aromatic N) is 3. The molecule has 1 aromatic rings. The molecule has 1 aromatic heterocycles. The van der Waals surface area contributed by atoms with Crippen LogP contribution in [0.1, 0.15) is 19.4 Å². The molecule has 0 unspecified atom stereocenters. The first-order valence-electron chi connectivity index (χ1n) is 6.33. The fourth-order valence-electron chi connectivity index (χ4n) is 1.92. The average molecular weight is 282 g/mol. The standard InChI is InChI=1S/C13H22N4O3/c1-13(2,8-14)11(19)15(3)6-9-7-16(4)12(20)17(5)10(9)18/h7H,6,8,14H2,1-5H3. The second-order valence-electron chi connectivity index (χ2n) is 5.66. The monoisotopic (exact) mass is 282 g/mol. The van der Waals surface area contributed by atoms with E-state index in [0.29, 0.717) is 5.56 Å². The van der Waals surface area contributed by atoms with E-state index < -0.39 is 16.7 Å². The second-order valence-corrected chi connectivity index (χ2v) is 5.66. The van der Waals surface area contributed by atoms with Crippen LogP contribution in [0.5, 0.6) is 0 Å². The Morgan fingerprint density at radius 1 is 1.35 bits per heavy atom. The number of aryl methyl sites for hydroxylation is 1. The molecule has 0 aromatic carbocycles. The molecule has 0 aliphatic carbocycles. The van der Waals surface area contributed by atoms with E-state index in [1.165, 1.54) is 22.7 Å². The topological polar surface area (TPSA) is 90.3 Å². The van der Waals surface area contributed by atoms with Gasteiger partial charge in [0.25, 0.3) is 5.56 Å². The number of carbonyl (C=O) groups is 1. The fourth-order valence-corrected chi connectivity index (χ4v) is 1.92. The van der Waals surface area contributed by atoms with Crippen molar-refractivity contribution in [1.29, 1.82) is 0 Å². The Morgan fingerprint density at radius 2 is 1.90 bits per heavy atom. The second kappa shape index (κ2) is 5.62. The quantitative estimate of drug-likeness (QED) is 0.769. The zero-order valence-corrected chi connectivity index (χ0v) is 12.6. The minimum atomic E-state index is -0.680. The van der Waals surface area contributed by atoms with Gasteiger partial charge in [0.2, 0.25) is 5.91 Å². The fraction of sp³-hybridized carbons (Fsp3) is 0.615. The summed E-state index contributed by atoms with van der Waals surface area (Å²) < 4.78 is 2.35. The summed E-state index contributed by atoms with van der Waals surface area (Å²) in [6.45, 7) is 3.87. The summed E-state index contributed by atoms with van der Waals surface area (Å²) >= 11 is 0. The molecule has 0 aliphatic heterocycles. The summed E-state index contributed by atoms with van der Waals surface area (Å²) in [6.07, 6.45) is 1.46. The first-order valence-corrected chi connectivity index (χ1v) is 6.33. The van der Waals surface area contributed by atoms with E-state index >= 15 is 0 Å². The molecule has 0 bridgehead atoms. The van der Waals surface area contributed by atoms with Crippen molar-refractivity contribution < 1.29 is 4.79 Å². The molecule has 2 N–H and O–H groups in total. The first kappa shape index (κ1) is 16.2. The lowest BCUT2D eigenvalue weighted by Crippen LogP contribution is -2.44. The Bertz CT molecular complexity index is 627. The van der Waals surface area contributed by atoms with Gasteiger partial charge in [-0.2, -0.15) is 0 Å². The molecule has 0 saturated heterocycles. The van der Waals surface area contributed by atoms with Crippen molar-refractivity contribution in [3.63, 3.8) is 0 Å². The maximum Gasteiger partial charge on any atom is 0.330 e. The van der Waals surface area contributed by atoms with Gasteiger partial charge >= 0.3 is 5.69 Å². The van der Waals surface area contributed by atoms with Crippen LogP contribution < -0.4 is 17.0 Å². The smallest absolute Gasteiger partial charge is 0.330 e. The number of nitrogens with two attached hydrogens (primary N) is 1. The zero-order chi connectivity index (χ0) is 15.7. The molecular formula is C13H22N4O3. The van der Waals surface area contributed by atoms with Crippen LogP contribution in [-0.4, -0.2) is 33.5 Å². The Morgan fingerprint density at radius 3 is 2.40 bits per heavy atom. The van der Waals surface area contributed by atoms with Gasteiger partial charge in [-0.1, -0.05) is 0 Å². The molecule has 7 nitrogen and oxygen atoms in total. The molecule has 1 amide bonds. The van der Waals surface area contributed by atoms with Crippen LogP contribution in [0.15, 0.2) is 15.8 Å². The van der Waals surface area contributed by atoms with Gasteiger partial charge in [-0.05, 0) is 13.8 Å². The van der Waals surface area contributed by atoms with E-state index in [1.54, 1.807) is 27.9 Å². The molecule has 1 heterocycles. The van der Waals surface area contributed by atoms with E-state index in [-0.39, 0.29) is 19.0 Å². The molecule has 0 saturated carbocycles. The van der Waals surface area contributed by atoms with E-state index in [9.17, 15) is 14.4 Å². The maximum atomic E-state index is 12.2. The largest absolute Gasteiger partial charge is 0.341 e. The predicted octanol–water partition coefficient (Wildman–Crippen LogP) is -0.973. The molecule has 1 rings (SSSR count). The number of carbonyl (C=O) groups excluding carboxylic acids is 1. The lowest BCUT2D eigenvalue weighted by molar-refractivity contribution is -0.139. The van der Waals surface area contributed by atoms with Crippen LogP contribution in [0.4, 0.5) is 0 Å². The van der Waals surface area contributed by atoms with Crippen molar-refractivity contribution in [2.75, 3.05) is 13.6 Å². The number of hydrogen-bond donors (Lipinski definition) is 1. The Balaban J connectivity index is 3.10. The van der Waals surface area contributed by atoms with Gasteiger partial charge in [0, 0.05) is 33.9 Å². The third kappa shape index (κ3) is 2.98. The molecule has 0 spiro atoms. The molecule has 0 fully saturated rings. The van der Waals surface area contributed by atoms with Crippen LogP contribution in [0.2, 0.25) is 0 Å². The van der Waals surface area contributed by atoms with Crippen LogP contribution in [-0.2, 0) is 25.4 Å². The highest BCUT2D eigenvalue weighted by molar-refractivity contribution is 5.81. The SMILES string of the molecule is CN(Cc1cn(C)c(=O)n(C)c1=O)C(=O)C(C)(C)CN. The van der Waals surface area contributed by atoms with Crippen molar-refractivity contribution in [2.24, 2.45) is 25.2 Å². The lowest BCUT2D eigenvalue weighted by Gasteiger charge is -2.28. The molecule has 0 radical (unpaired) electrons.